The summed E-state index contributed by atoms with van der Waals surface area (Å²) in [6.07, 6.45) is 0.506. The third-order valence-electron chi connectivity index (χ3n) is 4.74. The molecule has 1 aliphatic rings. The number of ether oxygens (including phenoxy) is 1. The van der Waals surface area contributed by atoms with Crippen LogP contribution >= 0.6 is 0 Å². The molecule has 0 aliphatic carbocycles. The van der Waals surface area contributed by atoms with E-state index in [2.05, 4.69) is 5.32 Å². The summed E-state index contributed by atoms with van der Waals surface area (Å²) in [7, 11) is 1.39. The Hall–Kier alpha value is -3.22. The van der Waals surface area contributed by atoms with Crippen molar-refractivity contribution in [3.63, 3.8) is 0 Å². The zero-order chi connectivity index (χ0) is 20.3. The van der Waals surface area contributed by atoms with Crippen molar-refractivity contribution in [2.45, 2.75) is 32.4 Å². The van der Waals surface area contributed by atoms with Gasteiger partial charge in [0.25, 0.3) is 5.91 Å². The summed E-state index contributed by atoms with van der Waals surface area (Å²) >= 11 is 0. The Balaban J connectivity index is 1.63. The lowest BCUT2D eigenvalue weighted by Gasteiger charge is -2.16. The summed E-state index contributed by atoms with van der Waals surface area (Å²) < 4.78 is 18.7. The number of nitrogens with one attached hydrogen (secondary N) is 1. The second kappa shape index (κ2) is 8.21. The van der Waals surface area contributed by atoms with Gasteiger partial charge < -0.3 is 10.1 Å². The van der Waals surface area contributed by atoms with Crippen LogP contribution in [-0.4, -0.2) is 29.7 Å². The number of likely N-dealkylation sites (tertiary alicyclic amines) is 1. The Bertz CT molecular complexity index is 895. The van der Waals surface area contributed by atoms with Crippen LogP contribution in [0, 0.1) is 5.82 Å². The molecule has 7 heteroatoms. The average Bonchev–Trinajstić information content (AvgIpc) is 3.00. The Morgan fingerprint density at radius 3 is 2.36 bits per heavy atom. The standard InChI is InChI=1S/C21H21FN2O4/c1-13(16-7-8-18(28-2)17(22)11-16)23-21(27)15-5-3-14(4-6-15)12-24-19(25)9-10-20(24)26/h3-8,11,13H,9-10,12H2,1-2H3,(H,23,27). The van der Waals surface area contributed by atoms with Crippen molar-refractivity contribution in [2.75, 3.05) is 7.11 Å². The highest BCUT2D eigenvalue weighted by Gasteiger charge is 2.28. The Morgan fingerprint density at radius 2 is 1.79 bits per heavy atom. The molecule has 6 nitrogen and oxygen atoms in total. The molecular formula is C21H21FN2O4. The Kier molecular flexibility index (Phi) is 5.73. The molecule has 0 bridgehead atoms. The minimum atomic E-state index is -0.489. The van der Waals surface area contributed by atoms with E-state index >= 15 is 0 Å². The molecule has 1 atom stereocenters. The third-order valence-corrected chi connectivity index (χ3v) is 4.74. The Labute approximate surface area is 162 Å². The van der Waals surface area contributed by atoms with E-state index in [4.69, 9.17) is 4.74 Å². The molecule has 2 aromatic rings. The molecule has 3 amide bonds. The lowest BCUT2D eigenvalue weighted by atomic mass is 10.1. The molecular weight excluding hydrogens is 363 g/mol. The summed E-state index contributed by atoms with van der Waals surface area (Å²) in [5.41, 5.74) is 1.82. The fourth-order valence-electron chi connectivity index (χ4n) is 3.06. The van der Waals surface area contributed by atoms with Crippen LogP contribution < -0.4 is 10.1 Å². The molecule has 0 radical (unpaired) electrons. The summed E-state index contributed by atoms with van der Waals surface area (Å²) in [5.74, 6) is -0.993. The first kappa shape index (κ1) is 19.5. The van der Waals surface area contributed by atoms with Crippen molar-refractivity contribution in [2.24, 2.45) is 0 Å². The van der Waals surface area contributed by atoms with Crippen LogP contribution in [0.3, 0.4) is 0 Å². The van der Waals surface area contributed by atoms with Crippen molar-refractivity contribution in [3.8, 4) is 5.75 Å². The van der Waals surface area contributed by atoms with E-state index in [1.807, 2.05) is 0 Å². The highest BCUT2D eigenvalue weighted by Crippen LogP contribution is 2.22. The second-order valence-corrected chi connectivity index (χ2v) is 6.66. The third kappa shape index (κ3) is 4.19. The number of halogens is 1. The van der Waals surface area contributed by atoms with Gasteiger partial charge >= 0.3 is 0 Å². The zero-order valence-corrected chi connectivity index (χ0v) is 15.7. The molecule has 28 heavy (non-hydrogen) atoms. The first-order valence-electron chi connectivity index (χ1n) is 8.95. The highest BCUT2D eigenvalue weighted by atomic mass is 19.1. The van der Waals surface area contributed by atoms with Gasteiger partial charge in [0, 0.05) is 18.4 Å². The Morgan fingerprint density at radius 1 is 1.14 bits per heavy atom. The molecule has 2 aromatic carbocycles. The molecule has 0 saturated carbocycles. The van der Waals surface area contributed by atoms with Crippen LogP contribution in [0.4, 0.5) is 4.39 Å². The van der Waals surface area contributed by atoms with Gasteiger partial charge in [-0.3, -0.25) is 19.3 Å². The maximum absolute atomic E-state index is 13.8. The van der Waals surface area contributed by atoms with Crippen molar-refractivity contribution < 1.29 is 23.5 Å². The fraction of sp³-hybridized carbons (Fsp3) is 0.286. The maximum Gasteiger partial charge on any atom is 0.251 e. The number of methoxy groups -OCH3 is 1. The van der Waals surface area contributed by atoms with Crippen molar-refractivity contribution in [1.82, 2.24) is 10.2 Å². The zero-order valence-electron chi connectivity index (χ0n) is 15.7. The smallest absolute Gasteiger partial charge is 0.251 e. The fourth-order valence-corrected chi connectivity index (χ4v) is 3.06. The van der Waals surface area contributed by atoms with Gasteiger partial charge in [-0.05, 0) is 42.3 Å². The predicted molar refractivity (Wildman–Crippen MR) is 100 cm³/mol. The molecule has 1 saturated heterocycles. The average molecular weight is 384 g/mol. The van der Waals surface area contributed by atoms with Crippen LogP contribution in [0.25, 0.3) is 0 Å². The minimum absolute atomic E-state index is 0.146. The van der Waals surface area contributed by atoms with E-state index in [-0.39, 0.29) is 42.9 Å². The molecule has 1 N–H and O–H groups in total. The molecule has 3 rings (SSSR count). The monoisotopic (exact) mass is 384 g/mol. The minimum Gasteiger partial charge on any atom is -0.494 e. The van der Waals surface area contributed by atoms with Gasteiger partial charge in [0.1, 0.15) is 0 Å². The van der Waals surface area contributed by atoms with E-state index in [1.165, 1.54) is 24.1 Å². The number of amides is 3. The van der Waals surface area contributed by atoms with E-state index in [9.17, 15) is 18.8 Å². The van der Waals surface area contributed by atoms with Crippen LogP contribution in [-0.2, 0) is 16.1 Å². The molecule has 146 valence electrons. The number of carbonyl (C=O) groups excluding carboxylic acids is 3. The predicted octanol–water partition coefficient (Wildman–Crippen LogP) is 2.97. The first-order chi connectivity index (χ1) is 13.4. The summed E-state index contributed by atoms with van der Waals surface area (Å²) in [6, 6.07) is 10.8. The number of rotatable bonds is 6. The normalized spacial score (nSPS) is 14.9. The van der Waals surface area contributed by atoms with Gasteiger partial charge in [0.15, 0.2) is 11.6 Å². The molecule has 0 aromatic heterocycles. The largest absolute Gasteiger partial charge is 0.494 e. The molecule has 0 spiro atoms. The van der Waals surface area contributed by atoms with E-state index < -0.39 is 11.9 Å². The molecule has 1 unspecified atom stereocenters. The van der Waals surface area contributed by atoms with Crippen molar-refractivity contribution in [3.05, 3.63) is 65.0 Å². The molecule has 1 heterocycles. The molecule has 1 fully saturated rings. The lowest BCUT2D eigenvalue weighted by Crippen LogP contribution is -2.28. The van der Waals surface area contributed by atoms with Gasteiger partial charge in [0.05, 0.1) is 19.7 Å². The molecule has 1 aliphatic heterocycles. The van der Waals surface area contributed by atoms with Crippen LogP contribution in [0.15, 0.2) is 42.5 Å². The van der Waals surface area contributed by atoms with Gasteiger partial charge in [-0.2, -0.15) is 0 Å². The van der Waals surface area contributed by atoms with Crippen molar-refractivity contribution in [1.29, 1.82) is 0 Å². The lowest BCUT2D eigenvalue weighted by molar-refractivity contribution is -0.139. The number of hydrogen-bond acceptors (Lipinski definition) is 4. The number of nitrogens with zero attached hydrogens (tertiary/aromatic N) is 1. The van der Waals surface area contributed by atoms with Gasteiger partial charge in [0.2, 0.25) is 11.8 Å². The van der Waals surface area contributed by atoms with Crippen molar-refractivity contribution >= 4 is 17.7 Å². The van der Waals surface area contributed by atoms with Gasteiger partial charge in [-0.15, -0.1) is 0 Å². The van der Waals surface area contributed by atoms with E-state index in [0.717, 1.165) is 5.56 Å². The topological polar surface area (TPSA) is 75.7 Å². The highest BCUT2D eigenvalue weighted by molar-refractivity contribution is 6.01. The van der Waals surface area contributed by atoms with Gasteiger partial charge in [-0.25, -0.2) is 4.39 Å². The number of carbonyl (C=O) groups is 3. The number of hydrogen-bond donors (Lipinski definition) is 1. The summed E-state index contributed by atoms with van der Waals surface area (Å²) in [5, 5.41) is 2.82. The number of imide groups is 1. The second-order valence-electron chi connectivity index (χ2n) is 6.66. The first-order valence-corrected chi connectivity index (χ1v) is 8.95. The van der Waals surface area contributed by atoms with Crippen LogP contribution in [0.1, 0.15) is 47.3 Å². The maximum atomic E-state index is 13.8. The summed E-state index contributed by atoms with van der Waals surface area (Å²) in [4.78, 5) is 37.1. The van der Waals surface area contributed by atoms with Crippen LogP contribution in [0.2, 0.25) is 0 Å². The summed E-state index contributed by atoms with van der Waals surface area (Å²) in [6.45, 7) is 1.97. The SMILES string of the molecule is COc1ccc(C(C)NC(=O)c2ccc(CN3C(=O)CCC3=O)cc2)cc1F. The number of benzene rings is 2. The quantitative estimate of drug-likeness (QED) is 0.777. The van der Waals surface area contributed by atoms with Crippen LogP contribution in [0.5, 0.6) is 5.75 Å². The van der Waals surface area contributed by atoms with Gasteiger partial charge in [-0.1, -0.05) is 18.2 Å². The van der Waals surface area contributed by atoms with E-state index in [1.54, 1.807) is 37.3 Å². The van der Waals surface area contributed by atoms with E-state index in [0.29, 0.717) is 11.1 Å².